The normalized spacial score (nSPS) is 20.9. The minimum Gasteiger partial charge on any atom is -0.378 e. The highest BCUT2D eigenvalue weighted by atomic mass is 19.1. The zero-order chi connectivity index (χ0) is 13.1. The van der Waals surface area contributed by atoms with Crippen molar-refractivity contribution in [2.45, 2.75) is 12.6 Å². The van der Waals surface area contributed by atoms with Crippen molar-refractivity contribution in [3.63, 3.8) is 0 Å². The van der Waals surface area contributed by atoms with Crippen molar-refractivity contribution in [2.24, 2.45) is 5.73 Å². The van der Waals surface area contributed by atoms with Gasteiger partial charge in [0.25, 0.3) is 0 Å². The minimum absolute atomic E-state index is 0.206. The Labute approximate surface area is 103 Å². The van der Waals surface area contributed by atoms with Gasteiger partial charge in [0.1, 0.15) is 17.7 Å². The summed E-state index contributed by atoms with van der Waals surface area (Å²) in [5, 5.41) is 0. The molecule has 18 heavy (non-hydrogen) atoms. The smallest absolute Gasteiger partial charge is 0.237 e. The van der Waals surface area contributed by atoms with E-state index in [1.807, 2.05) is 0 Å². The monoisotopic (exact) mass is 256 g/mol. The molecule has 0 spiro atoms. The minimum atomic E-state index is -0.621. The fourth-order valence-corrected chi connectivity index (χ4v) is 1.96. The van der Waals surface area contributed by atoms with Gasteiger partial charge in [-0.05, 0) is 6.07 Å². The first kappa shape index (κ1) is 12.9. The number of halogens is 2. The van der Waals surface area contributed by atoms with Gasteiger partial charge in [-0.1, -0.05) is 6.07 Å². The third-order valence-electron chi connectivity index (χ3n) is 2.96. The second kappa shape index (κ2) is 5.41. The summed E-state index contributed by atoms with van der Waals surface area (Å²) in [5.41, 5.74) is 5.60. The highest BCUT2D eigenvalue weighted by molar-refractivity contribution is 5.80. The van der Waals surface area contributed by atoms with E-state index in [4.69, 9.17) is 10.5 Å². The summed E-state index contributed by atoms with van der Waals surface area (Å²) in [6, 6.07) is 2.83. The predicted octanol–water partition coefficient (Wildman–Crippen LogP) is 0.651. The molecule has 2 N–H and O–H groups in total. The number of carbonyl (C=O) groups is 1. The number of benzene rings is 1. The Morgan fingerprint density at radius 3 is 2.94 bits per heavy atom. The second-order valence-electron chi connectivity index (χ2n) is 4.20. The lowest BCUT2D eigenvalue weighted by molar-refractivity contribution is -0.129. The third-order valence-corrected chi connectivity index (χ3v) is 2.96. The Morgan fingerprint density at radius 2 is 2.28 bits per heavy atom. The summed E-state index contributed by atoms with van der Waals surface area (Å²) >= 11 is 0. The lowest BCUT2D eigenvalue weighted by Crippen LogP contribution is -2.51. The Balaban J connectivity index is 2.13. The number of carbonyl (C=O) groups excluding carboxylic acids is 1. The molecule has 1 aromatic rings. The van der Waals surface area contributed by atoms with Crippen molar-refractivity contribution in [1.29, 1.82) is 0 Å². The van der Waals surface area contributed by atoms with E-state index in [1.54, 1.807) is 4.90 Å². The first-order valence-electron chi connectivity index (χ1n) is 5.63. The van der Waals surface area contributed by atoms with Crippen LogP contribution >= 0.6 is 0 Å². The van der Waals surface area contributed by atoms with Crippen LogP contribution in [0.2, 0.25) is 0 Å². The number of amides is 1. The average molecular weight is 256 g/mol. The van der Waals surface area contributed by atoms with Gasteiger partial charge in [0.2, 0.25) is 5.91 Å². The first-order valence-corrected chi connectivity index (χ1v) is 5.63. The summed E-state index contributed by atoms with van der Waals surface area (Å²) in [6.07, 6.45) is 0. The van der Waals surface area contributed by atoms with Crippen molar-refractivity contribution in [2.75, 3.05) is 19.8 Å². The van der Waals surface area contributed by atoms with Crippen LogP contribution in [-0.4, -0.2) is 36.6 Å². The van der Waals surface area contributed by atoms with Crippen LogP contribution in [0.5, 0.6) is 0 Å². The topological polar surface area (TPSA) is 55.6 Å². The standard InChI is InChI=1S/C12H14F2N2O2/c13-9-2-1-8(10(14)5-9)6-16-3-4-18-7-11(16)12(15)17/h1-2,5,11H,3-4,6-7H2,(H2,15,17). The van der Waals surface area contributed by atoms with Gasteiger partial charge >= 0.3 is 0 Å². The molecule has 2 rings (SSSR count). The van der Waals surface area contributed by atoms with Gasteiger partial charge in [-0.25, -0.2) is 8.78 Å². The number of nitrogens with zero attached hydrogens (tertiary/aromatic N) is 1. The van der Waals surface area contributed by atoms with Crippen molar-refractivity contribution < 1.29 is 18.3 Å². The Hall–Kier alpha value is -1.53. The van der Waals surface area contributed by atoms with Crippen LogP contribution < -0.4 is 5.73 Å². The van der Waals surface area contributed by atoms with Gasteiger partial charge in [-0.3, -0.25) is 9.69 Å². The molecule has 1 fully saturated rings. The van der Waals surface area contributed by atoms with Crippen LogP contribution in [0.15, 0.2) is 18.2 Å². The van der Waals surface area contributed by atoms with Gasteiger partial charge in [-0.15, -0.1) is 0 Å². The van der Waals surface area contributed by atoms with Gasteiger partial charge in [0.05, 0.1) is 13.2 Å². The summed E-state index contributed by atoms with van der Waals surface area (Å²) in [4.78, 5) is 13.0. The van der Waals surface area contributed by atoms with Crippen molar-refractivity contribution in [1.82, 2.24) is 4.90 Å². The molecule has 0 radical (unpaired) electrons. The van der Waals surface area contributed by atoms with Crippen LogP contribution in [-0.2, 0) is 16.1 Å². The predicted molar refractivity (Wildman–Crippen MR) is 60.6 cm³/mol. The second-order valence-corrected chi connectivity index (χ2v) is 4.20. The SMILES string of the molecule is NC(=O)C1COCCN1Cc1ccc(F)cc1F. The lowest BCUT2D eigenvalue weighted by Gasteiger charge is -2.33. The maximum atomic E-state index is 13.5. The van der Waals surface area contributed by atoms with Gasteiger partial charge in [-0.2, -0.15) is 0 Å². The van der Waals surface area contributed by atoms with Crippen molar-refractivity contribution in [3.05, 3.63) is 35.4 Å². The number of nitrogens with two attached hydrogens (primary N) is 1. The number of morpholine rings is 1. The summed E-state index contributed by atoms with van der Waals surface area (Å²) in [6.45, 7) is 1.37. The fraction of sp³-hybridized carbons (Fsp3) is 0.417. The molecule has 4 nitrogen and oxygen atoms in total. The average Bonchev–Trinajstić information content (AvgIpc) is 2.33. The molecule has 0 bridgehead atoms. The fourth-order valence-electron chi connectivity index (χ4n) is 1.96. The number of rotatable bonds is 3. The van der Waals surface area contributed by atoms with Crippen LogP contribution in [0.4, 0.5) is 8.78 Å². The molecule has 98 valence electrons. The van der Waals surface area contributed by atoms with E-state index >= 15 is 0 Å². The maximum Gasteiger partial charge on any atom is 0.237 e. The summed E-state index contributed by atoms with van der Waals surface area (Å²) < 4.78 is 31.5. The van der Waals surface area contributed by atoms with Crippen LogP contribution in [0.3, 0.4) is 0 Å². The molecule has 6 heteroatoms. The van der Waals surface area contributed by atoms with E-state index in [0.717, 1.165) is 6.07 Å². The number of primary amides is 1. The molecule has 0 aromatic heterocycles. The molecule has 1 unspecified atom stereocenters. The highest BCUT2D eigenvalue weighted by Crippen LogP contribution is 2.16. The molecule has 1 saturated heterocycles. The Morgan fingerprint density at radius 1 is 1.50 bits per heavy atom. The highest BCUT2D eigenvalue weighted by Gasteiger charge is 2.28. The molecule has 0 saturated carbocycles. The van der Waals surface area contributed by atoms with Crippen molar-refractivity contribution >= 4 is 5.91 Å². The van der Waals surface area contributed by atoms with E-state index in [1.165, 1.54) is 12.1 Å². The van der Waals surface area contributed by atoms with Crippen LogP contribution in [0, 0.1) is 11.6 Å². The van der Waals surface area contributed by atoms with Crippen LogP contribution in [0.25, 0.3) is 0 Å². The van der Waals surface area contributed by atoms with E-state index in [0.29, 0.717) is 18.7 Å². The molecule has 1 atom stereocenters. The van der Waals surface area contributed by atoms with E-state index in [2.05, 4.69) is 0 Å². The molecule has 1 aromatic carbocycles. The zero-order valence-corrected chi connectivity index (χ0v) is 9.73. The van der Waals surface area contributed by atoms with Gasteiger partial charge < -0.3 is 10.5 Å². The summed E-state index contributed by atoms with van der Waals surface area (Å²) in [7, 11) is 0. The van der Waals surface area contributed by atoms with Crippen molar-refractivity contribution in [3.8, 4) is 0 Å². The maximum absolute atomic E-state index is 13.5. The summed E-state index contributed by atoms with van der Waals surface area (Å²) in [5.74, 6) is -1.74. The van der Waals surface area contributed by atoms with Gasteiger partial charge in [0.15, 0.2) is 0 Å². The van der Waals surface area contributed by atoms with E-state index in [9.17, 15) is 13.6 Å². The Bertz CT molecular complexity index is 454. The van der Waals surface area contributed by atoms with Crippen LogP contribution in [0.1, 0.15) is 5.56 Å². The molecule has 1 amide bonds. The number of hydrogen-bond acceptors (Lipinski definition) is 3. The molecular formula is C12H14F2N2O2. The Kier molecular flexibility index (Phi) is 3.88. The molecule has 1 aliphatic rings. The quantitative estimate of drug-likeness (QED) is 0.864. The molecule has 1 aliphatic heterocycles. The third kappa shape index (κ3) is 2.83. The van der Waals surface area contributed by atoms with Gasteiger partial charge in [0, 0.05) is 24.7 Å². The van der Waals surface area contributed by atoms with E-state index in [-0.39, 0.29) is 13.2 Å². The number of hydrogen-bond donors (Lipinski definition) is 1. The molecule has 0 aliphatic carbocycles. The molecule has 1 heterocycles. The zero-order valence-electron chi connectivity index (χ0n) is 9.73. The largest absolute Gasteiger partial charge is 0.378 e. The number of ether oxygens (including phenoxy) is 1. The lowest BCUT2D eigenvalue weighted by atomic mass is 10.1. The van der Waals surface area contributed by atoms with E-state index < -0.39 is 23.6 Å². The first-order chi connectivity index (χ1) is 8.58. The molecular weight excluding hydrogens is 242 g/mol.